The standard InChI is InChI=1S/C24H38BrNO5Si.C11H19NO4/c1-22(2,3)30-21(28)26-16-19(31-32(8,9)23(4,5)6)15-24(26,20(27)29-7)14-17-10-12-18(25)13-11-17;1-11(2,3)16-10(14)12-7-5-6-8(12)9(13)15-4/h10-13,19H,14-16H2,1-9H3;8H,5-7H2,1-4H3/t19-,24?;8-/m10/s1. The van der Waals surface area contributed by atoms with Crippen molar-refractivity contribution in [2.45, 2.75) is 135 Å². The number of amides is 2. The zero-order chi connectivity index (χ0) is 36.9. The Kier molecular flexibility index (Phi) is 13.8. The number of rotatable bonds is 6. The predicted octanol–water partition coefficient (Wildman–Crippen LogP) is 7.49. The molecule has 1 aromatic carbocycles. The van der Waals surface area contributed by atoms with Crippen LogP contribution in [0.3, 0.4) is 0 Å². The molecule has 2 aliphatic rings. The highest BCUT2D eigenvalue weighted by Gasteiger charge is 2.57. The van der Waals surface area contributed by atoms with Gasteiger partial charge in [0.2, 0.25) is 0 Å². The van der Waals surface area contributed by atoms with E-state index in [-0.39, 0.29) is 23.7 Å². The lowest BCUT2D eigenvalue weighted by molar-refractivity contribution is -0.153. The third-order valence-electron chi connectivity index (χ3n) is 8.68. The Morgan fingerprint density at radius 1 is 0.875 bits per heavy atom. The minimum Gasteiger partial charge on any atom is -0.467 e. The summed E-state index contributed by atoms with van der Waals surface area (Å²) < 4.78 is 28.4. The molecular weight excluding hydrogens is 700 g/mol. The average Bonchev–Trinajstić information content (AvgIpc) is 3.57. The molecule has 0 radical (unpaired) electrons. The molecule has 2 heterocycles. The van der Waals surface area contributed by atoms with E-state index in [1.165, 1.54) is 24.0 Å². The first-order valence-corrected chi connectivity index (χ1v) is 20.1. The van der Waals surface area contributed by atoms with E-state index >= 15 is 0 Å². The summed E-state index contributed by atoms with van der Waals surface area (Å²) in [6.45, 7) is 22.6. The number of halogens is 1. The molecular formula is C35H57BrN2O9Si. The molecule has 0 aliphatic carbocycles. The van der Waals surface area contributed by atoms with Crippen molar-refractivity contribution in [3.63, 3.8) is 0 Å². The quantitative estimate of drug-likeness (QED) is 0.165. The van der Waals surface area contributed by atoms with Crippen LogP contribution in [-0.2, 0) is 39.4 Å². The Bertz CT molecular complexity index is 1280. The van der Waals surface area contributed by atoms with Gasteiger partial charge in [-0.25, -0.2) is 19.2 Å². The van der Waals surface area contributed by atoms with Crippen molar-refractivity contribution in [1.29, 1.82) is 0 Å². The molecule has 1 aromatic rings. The average molecular weight is 758 g/mol. The van der Waals surface area contributed by atoms with Gasteiger partial charge in [-0.3, -0.25) is 9.80 Å². The maximum Gasteiger partial charge on any atom is 0.411 e. The summed E-state index contributed by atoms with van der Waals surface area (Å²) in [6, 6.07) is 7.27. The van der Waals surface area contributed by atoms with Crippen molar-refractivity contribution >= 4 is 48.4 Å². The van der Waals surface area contributed by atoms with Gasteiger partial charge in [0.1, 0.15) is 22.8 Å². The fourth-order valence-electron chi connectivity index (χ4n) is 5.42. The summed E-state index contributed by atoms with van der Waals surface area (Å²) >= 11 is 3.45. The monoisotopic (exact) mass is 756 g/mol. The van der Waals surface area contributed by atoms with Crippen molar-refractivity contribution in [3.8, 4) is 0 Å². The van der Waals surface area contributed by atoms with Gasteiger partial charge < -0.3 is 23.4 Å². The van der Waals surface area contributed by atoms with Crippen molar-refractivity contribution in [1.82, 2.24) is 9.80 Å². The molecule has 0 N–H and O–H groups in total. The highest BCUT2D eigenvalue weighted by atomic mass is 79.9. The number of likely N-dealkylation sites (tertiary alicyclic amines) is 2. The fourth-order valence-corrected chi connectivity index (χ4v) is 7.03. The van der Waals surface area contributed by atoms with Gasteiger partial charge >= 0.3 is 24.1 Å². The molecule has 272 valence electrons. The zero-order valence-electron chi connectivity index (χ0n) is 31.2. The normalized spacial score (nSPS) is 21.6. The van der Waals surface area contributed by atoms with E-state index in [4.69, 9.17) is 18.6 Å². The number of nitrogens with zero attached hydrogens (tertiary/aromatic N) is 2. The number of benzene rings is 1. The molecule has 0 aromatic heterocycles. The number of carbonyl (C=O) groups is 4. The van der Waals surface area contributed by atoms with Crippen LogP contribution >= 0.6 is 15.9 Å². The van der Waals surface area contributed by atoms with Crippen molar-refractivity contribution in [2.24, 2.45) is 0 Å². The molecule has 2 aliphatic heterocycles. The SMILES string of the molecule is COC(=O)C1(Cc2ccc(Br)cc2)C[C@@H](O[Si](C)(C)C(C)(C)C)CN1C(=O)OC(C)(C)C.COC(=O)[C@@H]1CCCN1C(=O)OC(C)(C)C. The van der Waals surface area contributed by atoms with Crippen LogP contribution in [0.25, 0.3) is 0 Å². The molecule has 48 heavy (non-hydrogen) atoms. The lowest BCUT2D eigenvalue weighted by Crippen LogP contribution is -2.56. The van der Waals surface area contributed by atoms with E-state index in [0.29, 0.717) is 25.8 Å². The number of hydrogen-bond acceptors (Lipinski definition) is 9. The highest BCUT2D eigenvalue weighted by Crippen LogP contribution is 2.42. The summed E-state index contributed by atoms with van der Waals surface area (Å²) in [5.74, 6) is -0.823. The Morgan fingerprint density at radius 2 is 1.42 bits per heavy atom. The second-order valence-corrected chi connectivity index (χ2v) is 21.6. The first kappa shape index (κ1) is 41.5. The van der Waals surface area contributed by atoms with Gasteiger partial charge in [0.15, 0.2) is 8.32 Å². The van der Waals surface area contributed by atoms with E-state index in [1.807, 2.05) is 45.0 Å². The molecule has 0 saturated carbocycles. The molecule has 1 unspecified atom stereocenters. The van der Waals surface area contributed by atoms with Gasteiger partial charge in [-0.15, -0.1) is 0 Å². The molecule has 11 nitrogen and oxygen atoms in total. The molecule has 2 fully saturated rings. The van der Waals surface area contributed by atoms with E-state index < -0.39 is 49.3 Å². The second-order valence-electron chi connectivity index (χ2n) is 16.0. The third-order valence-corrected chi connectivity index (χ3v) is 13.7. The lowest BCUT2D eigenvalue weighted by Gasteiger charge is -2.38. The summed E-state index contributed by atoms with van der Waals surface area (Å²) in [5, 5.41) is 0.00592. The number of ether oxygens (including phenoxy) is 4. The molecule has 3 rings (SSSR count). The van der Waals surface area contributed by atoms with E-state index in [0.717, 1.165) is 16.5 Å². The topological polar surface area (TPSA) is 121 Å². The van der Waals surface area contributed by atoms with Gasteiger partial charge in [0, 0.05) is 23.9 Å². The summed E-state index contributed by atoms with van der Waals surface area (Å²) in [4.78, 5) is 52.7. The van der Waals surface area contributed by atoms with Crippen molar-refractivity contribution in [3.05, 3.63) is 34.3 Å². The lowest BCUT2D eigenvalue weighted by atomic mass is 9.87. The van der Waals surface area contributed by atoms with Crippen LogP contribution in [0.4, 0.5) is 9.59 Å². The summed E-state index contributed by atoms with van der Waals surface area (Å²) in [6.07, 6.45) is 0.885. The number of hydrogen-bond donors (Lipinski definition) is 0. The maximum absolute atomic E-state index is 13.3. The Labute approximate surface area is 296 Å². The van der Waals surface area contributed by atoms with E-state index in [9.17, 15) is 19.2 Å². The van der Waals surface area contributed by atoms with E-state index in [1.54, 1.807) is 20.8 Å². The Balaban J connectivity index is 0.000000419. The molecule has 0 bridgehead atoms. The van der Waals surface area contributed by atoms with Crippen LogP contribution in [0.1, 0.15) is 87.1 Å². The van der Waals surface area contributed by atoms with Crippen LogP contribution < -0.4 is 0 Å². The largest absolute Gasteiger partial charge is 0.467 e. The van der Waals surface area contributed by atoms with Crippen LogP contribution in [-0.4, -0.2) is 98.4 Å². The first-order chi connectivity index (χ1) is 21.9. The van der Waals surface area contributed by atoms with Crippen molar-refractivity contribution < 1.29 is 42.6 Å². The number of carbonyl (C=O) groups excluding carboxylic acids is 4. The first-order valence-electron chi connectivity index (χ1n) is 16.4. The summed E-state index contributed by atoms with van der Waals surface area (Å²) in [7, 11) is 0.564. The van der Waals surface area contributed by atoms with Crippen molar-refractivity contribution in [2.75, 3.05) is 27.3 Å². The highest BCUT2D eigenvalue weighted by molar-refractivity contribution is 9.10. The minimum absolute atomic E-state index is 0.00592. The van der Waals surface area contributed by atoms with Gasteiger partial charge in [-0.2, -0.15) is 0 Å². The molecule has 2 saturated heterocycles. The maximum atomic E-state index is 13.3. The smallest absolute Gasteiger partial charge is 0.411 e. The fraction of sp³-hybridized carbons (Fsp3) is 0.714. The number of esters is 2. The molecule has 0 spiro atoms. The molecule has 3 atom stereocenters. The summed E-state index contributed by atoms with van der Waals surface area (Å²) in [5.41, 5.74) is -1.49. The molecule has 13 heteroatoms. The predicted molar refractivity (Wildman–Crippen MR) is 190 cm³/mol. The van der Waals surface area contributed by atoms with Gasteiger partial charge in [-0.1, -0.05) is 48.8 Å². The van der Waals surface area contributed by atoms with Crippen LogP contribution in [0, 0.1) is 0 Å². The van der Waals surface area contributed by atoms with E-state index in [2.05, 4.69) is 54.5 Å². The Hall–Kier alpha value is -2.64. The van der Waals surface area contributed by atoms with Gasteiger partial charge in [0.05, 0.1) is 26.9 Å². The van der Waals surface area contributed by atoms with Crippen LogP contribution in [0.5, 0.6) is 0 Å². The zero-order valence-corrected chi connectivity index (χ0v) is 33.7. The Morgan fingerprint density at radius 3 is 1.90 bits per heavy atom. The third kappa shape index (κ3) is 11.2. The van der Waals surface area contributed by atoms with Gasteiger partial charge in [0.25, 0.3) is 0 Å². The van der Waals surface area contributed by atoms with Gasteiger partial charge in [-0.05, 0) is 90.2 Å². The van der Waals surface area contributed by atoms with Crippen LogP contribution in [0.2, 0.25) is 18.1 Å². The molecule has 2 amide bonds. The minimum atomic E-state index is -2.13. The number of methoxy groups -OCH3 is 2. The van der Waals surface area contributed by atoms with Crippen LogP contribution in [0.15, 0.2) is 28.7 Å². The second kappa shape index (κ2) is 15.9.